The number of thioether (sulfide) groups is 1. The average Bonchev–Trinajstić information content (AvgIpc) is 3.12. The van der Waals surface area contributed by atoms with Crippen molar-refractivity contribution in [1.82, 2.24) is 14.8 Å². The zero-order valence-electron chi connectivity index (χ0n) is 16.1. The predicted molar refractivity (Wildman–Crippen MR) is 104 cm³/mol. The maximum Gasteiger partial charge on any atom is 0.337 e. The van der Waals surface area contributed by atoms with Gasteiger partial charge >= 0.3 is 11.9 Å². The molecule has 1 aromatic heterocycles. The van der Waals surface area contributed by atoms with E-state index in [-0.39, 0.29) is 22.8 Å². The van der Waals surface area contributed by atoms with Crippen molar-refractivity contribution >= 4 is 35.3 Å². The third-order valence-corrected chi connectivity index (χ3v) is 4.78. The number of hydrogen-bond donors (Lipinski definition) is 1. The lowest BCUT2D eigenvalue weighted by molar-refractivity contribution is -0.113. The van der Waals surface area contributed by atoms with Gasteiger partial charge in [-0.2, -0.15) is 0 Å². The van der Waals surface area contributed by atoms with Gasteiger partial charge in [-0.3, -0.25) is 4.79 Å². The molecule has 2 rings (SSSR count). The number of ether oxygens (including phenoxy) is 2. The highest BCUT2D eigenvalue weighted by Crippen LogP contribution is 2.20. The molecule has 9 nitrogen and oxygen atoms in total. The van der Waals surface area contributed by atoms with Gasteiger partial charge in [0.25, 0.3) is 0 Å². The molecule has 2 aromatic rings. The molecule has 0 spiro atoms. The molecule has 0 aliphatic rings. The number of rotatable bonds is 8. The number of nitrogens with one attached hydrogen (secondary N) is 1. The van der Waals surface area contributed by atoms with E-state index in [4.69, 9.17) is 0 Å². The van der Waals surface area contributed by atoms with Gasteiger partial charge in [-0.05, 0) is 25.1 Å². The van der Waals surface area contributed by atoms with E-state index in [0.29, 0.717) is 17.4 Å². The first-order chi connectivity index (χ1) is 13.4. The lowest BCUT2D eigenvalue weighted by Crippen LogP contribution is -2.16. The Bertz CT molecular complexity index is 847. The van der Waals surface area contributed by atoms with Gasteiger partial charge in [0.1, 0.15) is 5.82 Å². The van der Waals surface area contributed by atoms with Gasteiger partial charge < -0.3 is 19.4 Å². The zero-order chi connectivity index (χ0) is 20.7. The second kappa shape index (κ2) is 9.88. The van der Waals surface area contributed by atoms with Crippen LogP contribution in [-0.4, -0.2) is 52.6 Å². The topological polar surface area (TPSA) is 112 Å². The largest absolute Gasteiger partial charge is 0.465 e. The molecule has 0 saturated heterocycles. The fourth-order valence-corrected chi connectivity index (χ4v) is 3.32. The van der Waals surface area contributed by atoms with Crippen molar-refractivity contribution in [3.8, 4) is 0 Å². The molecule has 0 bridgehead atoms. The number of hydrogen-bond acceptors (Lipinski definition) is 8. The Kier molecular flexibility index (Phi) is 7.56. The number of carbonyl (C=O) groups is 3. The Morgan fingerprint density at radius 2 is 1.64 bits per heavy atom. The lowest BCUT2D eigenvalue weighted by atomic mass is 10.1. The van der Waals surface area contributed by atoms with Crippen LogP contribution in [0.25, 0.3) is 0 Å². The summed E-state index contributed by atoms with van der Waals surface area (Å²) in [6.45, 7) is 4.69. The van der Waals surface area contributed by atoms with Crippen molar-refractivity contribution in [3.05, 3.63) is 35.2 Å². The molecule has 0 aliphatic heterocycles. The molecular weight excluding hydrogens is 384 g/mol. The van der Waals surface area contributed by atoms with E-state index < -0.39 is 11.9 Å². The number of methoxy groups -OCH3 is 2. The minimum Gasteiger partial charge on any atom is -0.465 e. The van der Waals surface area contributed by atoms with Crippen LogP contribution in [0.15, 0.2) is 23.4 Å². The van der Waals surface area contributed by atoms with Crippen LogP contribution in [0.5, 0.6) is 0 Å². The van der Waals surface area contributed by atoms with Gasteiger partial charge in [-0.15, -0.1) is 10.2 Å². The molecule has 0 aliphatic carbocycles. The zero-order valence-corrected chi connectivity index (χ0v) is 17.0. The van der Waals surface area contributed by atoms with E-state index in [9.17, 15) is 14.4 Å². The molecule has 1 aromatic carbocycles. The van der Waals surface area contributed by atoms with Crippen LogP contribution in [0, 0.1) is 0 Å². The van der Waals surface area contributed by atoms with E-state index in [2.05, 4.69) is 25.0 Å². The van der Waals surface area contributed by atoms with Crippen LogP contribution in [0.3, 0.4) is 0 Å². The molecule has 0 radical (unpaired) electrons. The first kappa shape index (κ1) is 21.4. The Morgan fingerprint density at radius 3 is 2.14 bits per heavy atom. The Labute approximate surface area is 166 Å². The number of aromatic nitrogens is 3. The van der Waals surface area contributed by atoms with Gasteiger partial charge in [-0.25, -0.2) is 9.59 Å². The molecular formula is C18H22N4O5S. The molecule has 1 heterocycles. The molecule has 0 unspecified atom stereocenters. The number of anilines is 1. The van der Waals surface area contributed by atoms with Crippen molar-refractivity contribution in [3.63, 3.8) is 0 Å². The van der Waals surface area contributed by atoms with Gasteiger partial charge in [0.05, 0.1) is 31.1 Å². The van der Waals surface area contributed by atoms with Crippen molar-refractivity contribution in [1.29, 1.82) is 0 Å². The number of aryl methyl sites for hydroxylation is 1. The monoisotopic (exact) mass is 406 g/mol. The van der Waals surface area contributed by atoms with Gasteiger partial charge in [0, 0.05) is 18.7 Å². The normalized spacial score (nSPS) is 10.4. The number of carbonyl (C=O) groups excluding carboxylic acids is 3. The standard InChI is InChI=1S/C18H22N4O5S/c1-5-14-20-21-18(22(14)6-2)28-10-15(23)19-13-8-11(16(24)26-3)7-12(9-13)17(25)27-4/h7-9H,5-6,10H2,1-4H3,(H,19,23). The minimum absolute atomic E-state index is 0.0951. The highest BCUT2D eigenvalue weighted by atomic mass is 32.2. The third kappa shape index (κ3) is 5.10. The maximum atomic E-state index is 12.3. The molecule has 1 amide bonds. The van der Waals surface area contributed by atoms with E-state index in [1.54, 1.807) is 0 Å². The summed E-state index contributed by atoms with van der Waals surface area (Å²) < 4.78 is 11.3. The quantitative estimate of drug-likeness (QED) is 0.524. The van der Waals surface area contributed by atoms with Crippen LogP contribution in [0.4, 0.5) is 5.69 Å². The number of esters is 2. The third-order valence-electron chi connectivity index (χ3n) is 3.82. The average molecular weight is 406 g/mol. The summed E-state index contributed by atoms with van der Waals surface area (Å²) in [4.78, 5) is 36.0. The summed E-state index contributed by atoms with van der Waals surface area (Å²) >= 11 is 1.26. The first-order valence-electron chi connectivity index (χ1n) is 8.59. The van der Waals surface area contributed by atoms with E-state index >= 15 is 0 Å². The lowest BCUT2D eigenvalue weighted by Gasteiger charge is -2.10. The van der Waals surface area contributed by atoms with E-state index in [1.165, 1.54) is 44.2 Å². The molecule has 28 heavy (non-hydrogen) atoms. The minimum atomic E-state index is -0.626. The first-order valence-corrected chi connectivity index (χ1v) is 9.58. The Morgan fingerprint density at radius 1 is 1.04 bits per heavy atom. The Hall–Kier alpha value is -2.88. The van der Waals surface area contributed by atoms with Crippen molar-refractivity contribution in [2.75, 3.05) is 25.3 Å². The maximum absolute atomic E-state index is 12.3. The number of benzene rings is 1. The van der Waals surface area contributed by atoms with Gasteiger partial charge in [0.2, 0.25) is 5.91 Å². The SMILES string of the molecule is CCc1nnc(SCC(=O)Nc2cc(C(=O)OC)cc(C(=O)OC)c2)n1CC. The van der Waals surface area contributed by atoms with Gasteiger partial charge in [0.15, 0.2) is 5.16 Å². The van der Waals surface area contributed by atoms with E-state index in [1.807, 2.05) is 18.4 Å². The van der Waals surface area contributed by atoms with Crippen LogP contribution in [0.1, 0.15) is 40.4 Å². The predicted octanol–water partition coefficient (Wildman–Crippen LogP) is 2.16. The fraction of sp³-hybridized carbons (Fsp3) is 0.389. The van der Waals surface area contributed by atoms with Gasteiger partial charge in [-0.1, -0.05) is 18.7 Å². The summed E-state index contributed by atoms with van der Waals surface area (Å²) in [6, 6.07) is 4.22. The molecule has 0 saturated carbocycles. The fourth-order valence-electron chi connectivity index (χ4n) is 2.50. The number of nitrogens with zero attached hydrogens (tertiary/aromatic N) is 3. The highest BCUT2D eigenvalue weighted by Gasteiger charge is 2.16. The van der Waals surface area contributed by atoms with Crippen LogP contribution in [-0.2, 0) is 27.2 Å². The second-order valence-corrected chi connectivity index (χ2v) is 6.56. The van der Waals surface area contributed by atoms with E-state index in [0.717, 1.165) is 12.2 Å². The Balaban J connectivity index is 2.13. The summed E-state index contributed by atoms with van der Waals surface area (Å²) in [6.07, 6.45) is 0.754. The van der Waals surface area contributed by atoms with Crippen molar-refractivity contribution < 1.29 is 23.9 Å². The molecule has 0 fully saturated rings. The van der Waals surface area contributed by atoms with Crippen LogP contribution >= 0.6 is 11.8 Å². The molecule has 1 N–H and O–H groups in total. The summed E-state index contributed by atoms with van der Waals surface area (Å²) in [5.74, 6) is -0.610. The van der Waals surface area contributed by atoms with Crippen molar-refractivity contribution in [2.24, 2.45) is 0 Å². The highest BCUT2D eigenvalue weighted by molar-refractivity contribution is 7.99. The van der Waals surface area contributed by atoms with Crippen molar-refractivity contribution in [2.45, 2.75) is 32.0 Å². The summed E-state index contributed by atoms with van der Waals surface area (Å²) in [5.41, 5.74) is 0.554. The van der Waals surface area contributed by atoms with Crippen LogP contribution in [0.2, 0.25) is 0 Å². The molecule has 0 atom stereocenters. The molecule has 150 valence electrons. The smallest absolute Gasteiger partial charge is 0.337 e. The summed E-state index contributed by atoms with van der Waals surface area (Å²) in [5, 5.41) is 11.5. The number of amides is 1. The van der Waals surface area contributed by atoms with Crippen LogP contribution < -0.4 is 5.32 Å². The second-order valence-electron chi connectivity index (χ2n) is 5.62. The summed E-state index contributed by atoms with van der Waals surface area (Å²) in [7, 11) is 2.47. The molecule has 10 heteroatoms.